The Kier molecular flexibility index (Phi) is 5.33. The molecule has 1 aromatic heterocycles. The Morgan fingerprint density at radius 1 is 0.933 bits per heavy atom. The lowest BCUT2D eigenvalue weighted by molar-refractivity contribution is -0.118. The van der Waals surface area contributed by atoms with Gasteiger partial charge in [0.1, 0.15) is 10.7 Å². The summed E-state index contributed by atoms with van der Waals surface area (Å²) in [5.41, 5.74) is 1.05. The van der Waals surface area contributed by atoms with Gasteiger partial charge in [-0.25, -0.2) is 17.7 Å². The molecule has 0 saturated heterocycles. The van der Waals surface area contributed by atoms with Crippen LogP contribution in [0.4, 0.5) is 5.82 Å². The highest BCUT2D eigenvalue weighted by molar-refractivity contribution is 7.90. The molecule has 0 fully saturated rings. The molecule has 0 spiro atoms. The van der Waals surface area contributed by atoms with Crippen LogP contribution >= 0.6 is 0 Å². The smallest absolute Gasteiger partial charge is 0.269 e. The van der Waals surface area contributed by atoms with Crippen molar-refractivity contribution in [1.82, 2.24) is 9.29 Å². The van der Waals surface area contributed by atoms with E-state index in [0.717, 1.165) is 9.87 Å². The minimum Gasteiger partial charge on any atom is -0.292 e. The molecule has 4 rings (SSSR count). The van der Waals surface area contributed by atoms with E-state index in [2.05, 4.69) is 4.98 Å². The fourth-order valence-electron chi connectivity index (χ4n) is 3.36. The van der Waals surface area contributed by atoms with Crippen LogP contribution in [-0.4, -0.2) is 36.1 Å². The quantitative estimate of drug-likeness (QED) is 0.611. The summed E-state index contributed by atoms with van der Waals surface area (Å²) in [6.45, 7) is 0.0599. The second-order valence-electron chi connectivity index (χ2n) is 6.78. The number of aromatic nitrogens is 1. The number of amides is 2. The van der Waals surface area contributed by atoms with Crippen molar-refractivity contribution in [3.63, 3.8) is 0 Å². The topological polar surface area (TPSA) is 87.7 Å². The van der Waals surface area contributed by atoms with Crippen molar-refractivity contribution in [2.24, 2.45) is 0 Å². The van der Waals surface area contributed by atoms with E-state index in [4.69, 9.17) is 0 Å². The van der Waals surface area contributed by atoms with Crippen molar-refractivity contribution in [2.45, 2.75) is 17.9 Å². The van der Waals surface area contributed by atoms with Gasteiger partial charge in [0, 0.05) is 19.2 Å². The van der Waals surface area contributed by atoms with Gasteiger partial charge in [0.25, 0.3) is 15.9 Å². The first-order chi connectivity index (χ1) is 14.5. The Hall–Kier alpha value is -3.52. The molecule has 2 aromatic carbocycles. The lowest BCUT2D eigenvalue weighted by Gasteiger charge is -2.23. The average molecular weight is 421 g/mol. The fourth-order valence-corrected chi connectivity index (χ4v) is 4.93. The van der Waals surface area contributed by atoms with Gasteiger partial charge in [-0.15, -0.1) is 0 Å². The van der Waals surface area contributed by atoms with Crippen LogP contribution in [0.25, 0.3) is 0 Å². The largest absolute Gasteiger partial charge is 0.292 e. The maximum absolute atomic E-state index is 13.0. The van der Waals surface area contributed by atoms with Crippen molar-refractivity contribution >= 4 is 27.7 Å². The second kappa shape index (κ2) is 8.08. The summed E-state index contributed by atoms with van der Waals surface area (Å²) in [4.78, 5) is 31.3. The van der Waals surface area contributed by atoms with E-state index < -0.39 is 15.9 Å². The van der Waals surface area contributed by atoms with Gasteiger partial charge >= 0.3 is 0 Å². The van der Waals surface area contributed by atoms with Gasteiger partial charge in [0.2, 0.25) is 5.91 Å². The standard InChI is InChI=1S/C22H19N3O4S/c26-21(13-15-25-22(27)18-10-4-5-11-19(18)30(25,28)29)24(20-12-6-7-14-23-20)16-17-8-2-1-3-9-17/h1-12,14H,13,15-16H2. The predicted octanol–water partition coefficient (Wildman–Crippen LogP) is 2.85. The zero-order valence-electron chi connectivity index (χ0n) is 16.0. The van der Waals surface area contributed by atoms with Crippen LogP contribution in [0.5, 0.6) is 0 Å². The summed E-state index contributed by atoms with van der Waals surface area (Å²) in [5, 5.41) is 0. The van der Waals surface area contributed by atoms with Crippen LogP contribution in [-0.2, 0) is 21.4 Å². The maximum Gasteiger partial charge on any atom is 0.269 e. The van der Waals surface area contributed by atoms with Crippen molar-refractivity contribution in [3.8, 4) is 0 Å². The zero-order chi connectivity index (χ0) is 21.1. The first kappa shape index (κ1) is 19.8. The number of nitrogens with zero attached hydrogens (tertiary/aromatic N) is 3. The Balaban J connectivity index is 1.54. The molecular formula is C22H19N3O4S. The number of fused-ring (bicyclic) bond motifs is 1. The number of pyridine rings is 1. The van der Waals surface area contributed by atoms with Crippen LogP contribution in [0.3, 0.4) is 0 Å². The van der Waals surface area contributed by atoms with Crippen molar-refractivity contribution in [1.29, 1.82) is 0 Å². The van der Waals surface area contributed by atoms with Gasteiger partial charge < -0.3 is 0 Å². The van der Waals surface area contributed by atoms with Crippen LogP contribution in [0.1, 0.15) is 22.3 Å². The average Bonchev–Trinajstić information content (AvgIpc) is 2.97. The van der Waals surface area contributed by atoms with Crippen LogP contribution in [0, 0.1) is 0 Å². The van der Waals surface area contributed by atoms with E-state index in [-0.39, 0.29) is 35.9 Å². The normalized spacial score (nSPS) is 14.4. The van der Waals surface area contributed by atoms with E-state index in [0.29, 0.717) is 5.82 Å². The van der Waals surface area contributed by atoms with Gasteiger partial charge in [-0.05, 0) is 29.8 Å². The van der Waals surface area contributed by atoms with Gasteiger partial charge in [0.15, 0.2) is 0 Å². The third-order valence-electron chi connectivity index (χ3n) is 4.85. The minimum absolute atomic E-state index is 0.0201. The molecule has 0 radical (unpaired) electrons. The molecular weight excluding hydrogens is 402 g/mol. The molecule has 2 amide bonds. The van der Waals surface area contributed by atoms with Crippen LogP contribution < -0.4 is 4.90 Å². The van der Waals surface area contributed by atoms with Gasteiger partial charge in [-0.2, -0.15) is 0 Å². The molecule has 1 aliphatic rings. The van der Waals surface area contributed by atoms with Gasteiger partial charge in [-0.3, -0.25) is 14.5 Å². The lowest BCUT2D eigenvalue weighted by atomic mass is 10.2. The monoisotopic (exact) mass is 421 g/mol. The molecule has 152 valence electrons. The van der Waals surface area contributed by atoms with Crippen LogP contribution in [0.2, 0.25) is 0 Å². The highest BCUT2D eigenvalue weighted by atomic mass is 32.2. The Morgan fingerprint density at radius 3 is 2.33 bits per heavy atom. The molecule has 0 bridgehead atoms. The summed E-state index contributed by atoms with van der Waals surface area (Å²) < 4.78 is 26.2. The van der Waals surface area contributed by atoms with E-state index in [1.165, 1.54) is 17.0 Å². The molecule has 7 nitrogen and oxygen atoms in total. The summed E-state index contributed by atoms with van der Waals surface area (Å²) in [5.74, 6) is -0.465. The van der Waals surface area contributed by atoms with Crippen molar-refractivity contribution < 1.29 is 18.0 Å². The highest BCUT2D eigenvalue weighted by Crippen LogP contribution is 2.30. The van der Waals surface area contributed by atoms with E-state index >= 15 is 0 Å². The number of hydrogen-bond acceptors (Lipinski definition) is 5. The fraction of sp³-hybridized carbons (Fsp3) is 0.136. The van der Waals surface area contributed by atoms with Gasteiger partial charge in [-0.1, -0.05) is 48.5 Å². The molecule has 3 aromatic rings. The molecule has 30 heavy (non-hydrogen) atoms. The van der Waals surface area contributed by atoms with Crippen molar-refractivity contribution in [2.75, 3.05) is 11.4 Å². The van der Waals surface area contributed by atoms with Crippen LogP contribution in [0.15, 0.2) is 83.9 Å². The molecule has 0 N–H and O–H groups in total. The number of hydrogen-bond donors (Lipinski definition) is 0. The molecule has 8 heteroatoms. The highest BCUT2D eigenvalue weighted by Gasteiger charge is 2.40. The number of carbonyl (C=O) groups is 2. The summed E-state index contributed by atoms with van der Waals surface area (Å²) >= 11 is 0. The molecule has 0 aliphatic carbocycles. The number of carbonyl (C=O) groups excluding carboxylic acids is 2. The Labute approximate surface area is 174 Å². The molecule has 2 heterocycles. The van der Waals surface area contributed by atoms with E-state index in [1.54, 1.807) is 36.5 Å². The number of rotatable bonds is 6. The number of benzene rings is 2. The lowest BCUT2D eigenvalue weighted by Crippen LogP contribution is -2.37. The van der Waals surface area contributed by atoms with Crippen molar-refractivity contribution in [3.05, 3.63) is 90.1 Å². The first-order valence-corrected chi connectivity index (χ1v) is 10.8. The Bertz CT molecular complexity index is 1180. The summed E-state index contributed by atoms with van der Waals surface area (Å²) in [6.07, 6.45) is 1.44. The molecule has 1 aliphatic heterocycles. The predicted molar refractivity (Wildman–Crippen MR) is 111 cm³/mol. The molecule has 0 atom stereocenters. The molecule has 0 unspecified atom stereocenters. The number of anilines is 1. The third-order valence-corrected chi connectivity index (χ3v) is 6.69. The zero-order valence-corrected chi connectivity index (χ0v) is 16.8. The van der Waals surface area contributed by atoms with E-state index in [9.17, 15) is 18.0 Å². The Morgan fingerprint density at radius 2 is 1.63 bits per heavy atom. The molecule has 0 saturated carbocycles. The second-order valence-corrected chi connectivity index (χ2v) is 8.61. The minimum atomic E-state index is -3.94. The summed E-state index contributed by atoms with van der Waals surface area (Å²) in [7, 11) is -3.94. The number of sulfonamides is 1. The summed E-state index contributed by atoms with van der Waals surface area (Å²) in [6, 6.07) is 20.7. The van der Waals surface area contributed by atoms with E-state index in [1.807, 2.05) is 30.3 Å². The first-order valence-electron chi connectivity index (χ1n) is 9.40. The maximum atomic E-state index is 13.0. The van der Waals surface area contributed by atoms with Gasteiger partial charge in [0.05, 0.1) is 12.1 Å². The third kappa shape index (κ3) is 3.69. The SMILES string of the molecule is O=C(CCN1C(=O)c2ccccc2S1(=O)=O)N(Cc1ccccc1)c1ccccn1.